The highest BCUT2D eigenvalue weighted by molar-refractivity contribution is 5.90. The number of ether oxygens (including phenoxy) is 1. The van der Waals surface area contributed by atoms with Crippen LogP contribution in [0.1, 0.15) is 17.3 Å². The molecule has 0 aliphatic rings. The van der Waals surface area contributed by atoms with Gasteiger partial charge < -0.3 is 10.1 Å². The van der Waals surface area contributed by atoms with E-state index >= 15 is 0 Å². The Morgan fingerprint density at radius 3 is 2.60 bits per heavy atom. The molecule has 0 aliphatic carbocycles. The number of nitrogens with zero attached hydrogens (tertiary/aromatic N) is 2. The van der Waals surface area contributed by atoms with Crippen LogP contribution in [0, 0.1) is 0 Å². The summed E-state index contributed by atoms with van der Waals surface area (Å²) in [6, 6.07) is 18.9. The average molecular weight is 356 g/mol. The number of esters is 1. The molecule has 25 heavy (non-hydrogen) atoms. The summed E-state index contributed by atoms with van der Waals surface area (Å²) in [7, 11) is 0. The van der Waals surface area contributed by atoms with Gasteiger partial charge in [0.1, 0.15) is 12.1 Å². The molecule has 6 heteroatoms. The molecular formula is C19H18ClN3O2. The van der Waals surface area contributed by atoms with Gasteiger partial charge in [0.15, 0.2) is 0 Å². The van der Waals surface area contributed by atoms with E-state index in [0.717, 1.165) is 16.9 Å². The zero-order valence-corrected chi connectivity index (χ0v) is 14.5. The van der Waals surface area contributed by atoms with Gasteiger partial charge in [0.25, 0.3) is 0 Å². The van der Waals surface area contributed by atoms with E-state index < -0.39 is 0 Å². The fraction of sp³-hybridized carbons (Fsp3) is 0.105. The second-order valence-corrected chi connectivity index (χ2v) is 5.08. The molecule has 0 aliphatic heterocycles. The second kappa shape index (κ2) is 8.80. The number of rotatable bonds is 5. The molecule has 0 bridgehead atoms. The van der Waals surface area contributed by atoms with E-state index in [-0.39, 0.29) is 18.4 Å². The Balaban J connectivity index is 0.00000225. The van der Waals surface area contributed by atoms with Gasteiger partial charge in [-0.3, -0.25) is 0 Å². The number of benzene rings is 2. The van der Waals surface area contributed by atoms with Gasteiger partial charge in [0.2, 0.25) is 0 Å². The summed E-state index contributed by atoms with van der Waals surface area (Å²) < 4.78 is 5.02. The Morgan fingerprint density at radius 2 is 1.84 bits per heavy atom. The first-order chi connectivity index (χ1) is 11.8. The van der Waals surface area contributed by atoms with Crippen molar-refractivity contribution in [2.45, 2.75) is 6.92 Å². The predicted molar refractivity (Wildman–Crippen MR) is 100 cm³/mol. The van der Waals surface area contributed by atoms with Gasteiger partial charge in [0.05, 0.1) is 17.9 Å². The standard InChI is InChI=1S/C19H17N3O2.ClH/c1-2-24-19(23)15-9-6-10-16(11-15)22-18-12-17(20-13-21-18)14-7-4-3-5-8-14;/h3-13H,2H2,1H3,(H,20,21,22);1H. The number of nitrogens with one attached hydrogen (secondary N) is 1. The average Bonchev–Trinajstić information content (AvgIpc) is 2.63. The van der Waals surface area contributed by atoms with E-state index in [1.807, 2.05) is 42.5 Å². The first-order valence-electron chi connectivity index (χ1n) is 7.68. The second-order valence-electron chi connectivity index (χ2n) is 5.08. The van der Waals surface area contributed by atoms with Crippen LogP contribution in [0.5, 0.6) is 0 Å². The number of halogens is 1. The molecule has 0 saturated carbocycles. The van der Waals surface area contributed by atoms with Crippen LogP contribution >= 0.6 is 12.4 Å². The van der Waals surface area contributed by atoms with E-state index in [1.54, 1.807) is 25.1 Å². The number of anilines is 2. The minimum Gasteiger partial charge on any atom is -0.462 e. The lowest BCUT2D eigenvalue weighted by molar-refractivity contribution is 0.0526. The van der Waals surface area contributed by atoms with Gasteiger partial charge in [-0.05, 0) is 25.1 Å². The van der Waals surface area contributed by atoms with Crippen LogP contribution in [0.25, 0.3) is 11.3 Å². The maximum absolute atomic E-state index is 11.8. The first kappa shape index (κ1) is 18.4. The normalized spacial score (nSPS) is 9.80. The van der Waals surface area contributed by atoms with Crippen molar-refractivity contribution in [2.24, 2.45) is 0 Å². The maximum Gasteiger partial charge on any atom is 0.338 e. The highest BCUT2D eigenvalue weighted by Crippen LogP contribution is 2.21. The largest absolute Gasteiger partial charge is 0.462 e. The van der Waals surface area contributed by atoms with Crippen molar-refractivity contribution in [3.05, 3.63) is 72.6 Å². The minimum absolute atomic E-state index is 0. The van der Waals surface area contributed by atoms with E-state index in [2.05, 4.69) is 15.3 Å². The molecule has 0 fully saturated rings. The van der Waals surface area contributed by atoms with Gasteiger partial charge in [-0.15, -0.1) is 12.4 Å². The number of aromatic nitrogens is 2. The third kappa shape index (κ3) is 4.78. The zero-order valence-electron chi connectivity index (χ0n) is 13.7. The molecule has 0 atom stereocenters. The molecule has 0 spiro atoms. The zero-order chi connectivity index (χ0) is 16.8. The lowest BCUT2D eigenvalue weighted by Crippen LogP contribution is -2.05. The Hall–Kier alpha value is -2.92. The third-order valence-corrected chi connectivity index (χ3v) is 3.38. The van der Waals surface area contributed by atoms with Crippen molar-refractivity contribution >= 4 is 29.9 Å². The van der Waals surface area contributed by atoms with Crippen molar-refractivity contribution in [1.29, 1.82) is 0 Å². The topological polar surface area (TPSA) is 64.1 Å². The minimum atomic E-state index is -0.339. The Labute approximate surface area is 152 Å². The van der Waals surface area contributed by atoms with E-state index in [4.69, 9.17) is 4.74 Å². The molecule has 0 radical (unpaired) electrons. The van der Waals surface area contributed by atoms with Gasteiger partial charge in [-0.1, -0.05) is 36.4 Å². The molecule has 128 valence electrons. The lowest BCUT2D eigenvalue weighted by atomic mass is 10.1. The van der Waals surface area contributed by atoms with Crippen LogP contribution in [0.2, 0.25) is 0 Å². The Kier molecular flexibility index (Phi) is 6.48. The monoisotopic (exact) mass is 355 g/mol. The molecule has 0 saturated heterocycles. The van der Waals surface area contributed by atoms with Crippen LogP contribution in [0.3, 0.4) is 0 Å². The molecule has 1 N–H and O–H groups in total. The molecule has 1 aromatic heterocycles. The number of hydrogen-bond acceptors (Lipinski definition) is 5. The van der Waals surface area contributed by atoms with Crippen LogP contribution in [0.4, 0.5) is 11.5 Å². The Bertz CT molecular complexity index is 841. The molecule has 3 rings (SSSR count). The fourth-order valence-corrected chi connectivity index (χ4v) is 2.28. The van der Waals surface area contributed by atoms with Crippen molar-refractivity contribution in [1.82, 2.24) is 9.97 Å². The summed E-state index contributed by atoms with van der Waals surface area (Å²) in [4.78, 5) is 20.3. The first-order valence-corrected chi connectivity index (χ1v) is 7.68. The van der Waals surface area contributed by atoms with Gasteiger partial charge in [-0.25, -0.2) is 14.8 Å². The van der Waals surface area contributed by atoms with E-state index in [0.29, 0.717) is 18.0 Å². The van der Waals surface area contributed by atoms with Crippen molar-refractivity contribution < 1.29 is 9.53 Å². The quantitative estimate of drug-likeness (QED) is 0.683. The van der Waals surface area contributed by atoms with Crippen molar-refractivity contribution in [2.75, 3.05) is 11.9 Å². The summed E-state index contributed by atoms with van der Waals surface area (Å²) in [5.74, 6) is 0.318. The molecule has 2 aromatic carbocycles. The lowest BCUT2D eigenvalue weighted by Gasteiger charge is -2.08. The Morgan fingerprint density at radius 1 is 1.04 bits per heavy atom. The third-order valence-electron chi connectivity index (χ3n) is 3.38. The van der Waals surface area contributed by atoms with Crippen LogP contribution in [-0.2, 0) is 4.74 Å². The number of carbonyl (C=O) groups excluding carboxylic acids is 1. The smallest absolute Gasteiger partial charge is 0.338 e. The summed E-state index contributed by atoms with van der Waals surface area (Å²) in [6.45, 7) is 2.13. The summed E-state index contributed by atoms with van der Waals surface area (Å²) in [6.07, 6.45) is 1.51. The molecule has 0 amide bonds. The highest BCUT2D eigenvalue weighted by Gasteiger charge is 2.07. The molecule has 5 nitrogen and oxygen atoms in total. The van der Waals surface area contributed by atoms with E-state index in [1.165, 1.54) is 6.33 Å². The summed E-state index contributed by atoms with van der Waals surface area (Å²) >= 11 is 0. The van der Waals surface area contributed by atoms with Crippen molar-refractivity contribution in [3.8, 4) is 11.3 Å². The molecular weight excluding hydrogens is 338 g/mol. The van der Waals surface area contributed by atoms with Crippen LogP contribution in [0.15, 0.2) is 67.0 Å². The maximum atomic E-state index is 11.8. The summed E-state index contributed by atoms with van der Waals surface area (Å²) in [5.41, 5.74) is 3.11. The van der Waals surface area contributed by atoms with Gasteiger partial charge in [-0.2, -0.15) is 0 Å². The summed E-state index contributed by atoms with van der Waals surface area (Å²) in [5, 5.41) is 3.19. The molecule has 3 aromatic rings. The number of hydrogen-bond donors (Lipinski definition) is 1. The highest BCUT2D eigenvalue weighted by atomic mass is 35.5. The van der Waals surface area contributed by atoms with Gasteiger partial charge in [0, 0.05) is 17.3 Å². The van der Waals surface area contributed by atoms with E-state index in [9.17, 15) is 4.79 Å². The van der Waals surface area contributed by atoms with Crippen LogP contribution < -0.4 is 5.32 Å². The van der Waals surface area contributed by atoms with Crippen molar-refractivity contribution in [3.63, 3.8) is 0 Å². The molecule has 1 heterocycles. The molecule has 0 unspecified atom stereocenters. The fourth-order valence-electron chi connectivity index (χ4n) is 2.28. The predicted octanol–water partition coefficient (Wildman–Crippen LogP) is 4.49. The van der Waals surface area contributed by atoms with Crippen LogP contribution in [-0.4, -0.2) is 22.5 Å². The SMILES string of the molecule is CCOC(=O)c1cccc(Nc2cc(-c3ccccc3)ncn2)c1.Cl. The number of carbonyl (C=O) groups is 1. The van der Waals surface area contributed by atoms with Gasteiger partial charge >= 0.3 is 5.97 Å².